The number of anilines is 1. The Balaban J connectivity index is 0.00000338. The van der Waals surface area contributed by atoms with Gasteiger partial charge in [-0.1, -0.05) is 6.07 Å². The minimum absolute atomic E-state index is 0. The first-order chi connectivity index (χ1) is 11.6. The van der Waals surface area contributed by atoms with E-state index in [1.54, 1.807) is 46.0 Å². The average Bonchev–Trinajstić information content (AvgIpc) is 2.51. The molecule has 1 heterocycles. The molecule has 0 aromatic heterocycles. The number of nitrogens with zero attached hydrogens (tertiary/aromatic N) is 3. The number of guanidine groups is 1. The molecule has 1 N–H and O–H groups in total. The molecule has 1 saturated heterocycles. The van der Waals surface area contributed by atoms with Crippen molar-refractivity contribution in [3.05, 3.63) is 29.6 Å². The van der Waals surface area contributed by atoms with E-state index in [4.69, 9.17) is 0 Å². The Morgan fingerprint density at radius 3 is 2.54 bits per heavy atom. The SMILES string of the molecule is CN=C(NCc1ccc(N(C)C)c(F)c1)N1CCS(=O)(=O)C(C)(C)C1.I. The maximum absolute atomic E-state index is 14.1. The summed E-state index contributed by atoms with van der Waals surface area (Å²) in [6.07, 6.45) is 0. The lowest BCUT2D eigenvalue weighted by Crippen LogP contribution is -2.57. The molecule has 6 nitrogen and oxygen atoms in total. The zero-order valence-corrected chi connectivity index (χ0v) is 19.1. The summed E-state index contributed by atoms with van der Waals surface area (Å²) in [5.41, 5.74) is 1.34. The van der Waals surface area contributed by atoms with Crippen molar-refractivity contribution in [1.82, 2.24) is 10.2 Å². The van der Waals surface area contributed by atoms with Gasteiger partial charge in [0.15, 0.2) is 15.8 Å². The number of benzene rings is 1. The molecule has 0 spiro atoms. The number of hydrogen-bond acceptors (Lipinski definition) is 4. The minimum Gasteiger partial charge on any atom is -0.375 e. The standard InChI is InChI=1S/C17H27FN4O2S.HI/c1-17(2)12-22(8-9-25(17,23)24)16(19-3)20-11-13-6-7-15(21(4)5)14(18)10-13;/h6-7,10H,8-9,11-12H2,1-5H3,(H,19,20);1H. The Morgan fingerprint density at radius 2 is 2.04 bits per heavy atom. The van der Waals surface area contributed by atoms with Gasteiger partial charge in [-0.3, -0.25) is 4.99 Å². The molecule has 2 rings (SSSR count). The summed E-state index contributed by atoms with van der Waals surface area (Å²) in [4.78, 5) is 7.90. The molecular formula is C17H28FIN4O2S. The van der Waals surface area contributed by atoms with E-state index in [2.05, 4.69) is 10.3 Å². The molecule has 1 aliphatic rings. The molecule has 148 valence electrons. The van der Waals surface area contributed by atoms with Crippen LogP contribution in [0, 0.1) is 5.82 Å². The predicted octanol–water partition coefficient (Wildman–Crippen LogP) is 2.09. The van der Waals surface area contributed by atoms with Gasteiger partial charge in [0.1, 0.15) is 5.82 Å². The van der Waals surface area contributed by atoms with Crippen LogP contribution in [0.5, 0.6) is 0 Å². The van der Waals surface area contributed by atoms with Gasteiger partial charge in [0, 0.05) is 40.8 Å². The number of rotatable bonds is 3. The summed E-state index contributed by atoms with van der Waals surface area (Å²) in [6, 6.07) is 5.11. The monoisotopic (exact) mass is 498 g/mol. The van der Waals surface area contributed by atoms with Crippen LogP contribution in [0.15, 0.2) is 23.2 Å². The molecule has 0 saturated carbocycles. The van der Waals surface area contributed by atoms with E-state index in [1.165, 1.54) is 6.07 Å². The molecule has 1 aromatic rings. The van der Waals surface area contributed by atoms with E-state index in [-0.39, 0.29) is 35.5 Å². The highest BCUT2D eigenvalue weighted by Crippen LogP contribution is 2.24. The normalized spacial score (nSPS) is 18.8. The fourth-order valence-electron chi connectivity index (χ4n) is 2.86. The second-order valence-corrected chi connectivity index (χ2v) is 9.82. The van der Waals surface area contributed by atoms with Crippen LogP contribution in [-0.2, 0) is 16.4 Å². The second-order valence-electron chi connectivity index (χ2n) is 7.08. The van der Waals surface area contributed by atoms with Crippen molar-refractivity contribution in [2.24, 2.45) is 4.99 Å². The molecule has 0 bridgehead atoms. The molecule has 1 aromatic carbocycles. The Morgan fingerprint density at radius 1 is 1.38 bits per heavy atom. The van der Waals surface area contributed by atoms with E-state index >= 15 is 0 Å². The summed E-state index contributed by atoms with van der Waals surface area (Å²) in [5, 5.41) is 3.20. The Hall–Kier alpha value is -1.10. The largest absolute Gasteiger partial charge is 0.375 e. The van der Waals surface area contributed by atoms with Crippen LogP contribution in [0.25, 0.3) is 0 Å². The number of nitrogens with one attached hydrogen (secondary N) is 1. The summed E-state index contributed by atoms with van der Waals surface area (Å²) in [6.45, 7) is 4.66. The highest BCUT2D eigenvalue weighted by Gasteiger charge is 2.40. The fraction of sp³-hybridized carbons (Fsp3) is 0.588. The number of halogens is 2. The lowest BCUT2D eigenvalue weighted by molar-refractivity contribution is 0.353. The predicted molar refractivity (Wildman–Crippen MR) is 116 cm³/mol. The minimum atomic E-state index is -3.10. The van der Waals surface area contributed by atoms with Crippen molar-refractivity contribution < 1.29 is 12.8 Å². The van der Waals surface area contributed by atoms with Gasteiger partial charge in [0.05, 0.1) is 16.2 Å². The quantitative estimate of drug-likeness (QED) is 0.393. The topological polar surface area (TPSA) is 65.0 Å². The molecule has 0 unspecified atom stereocenters. The third-order valence-electron chi connectivity index (χ3n) is 4.50. The maximum Gasteiger partial charge on any atom is 0.193 e. The van der Waals surface area contributed by atoms with Crippen molar-refractivity contribution >= 4 is 45.5 Å². The van der Waals surface area contributed by atoms with Crippen LogP contribution in [0.4, 0.5) is 10.1 Å². The molecule has 0 radical (unpaired) electrons. The van der Waals surface area contributed by atoms with Crippen molar-refractivity contribution in [2.75, 3.05) is 44.9 Å². The number of hydrogen-bond donors (Lipinski definition) is 1. The summed E-state index contributed by atoms with van der Waals surface area (Å²) >= 11 is 0. The van der Waals surface area contributed by atoms with E-state index < -0.39 is 14.6 Å². The zero-order chi connectivity index (χ0) is 18.8. The van der Waals surface area contributed by atoms with E-state index in [0.29, 0.717) is 31.3 Å². The molecule has 1 fully saturated rings. The van der Waals surface area contributed by atoms with Gasteiger partial charge in [-0.15, -0.1) is 24.0 Å². The summed E-state index contributed by atoms with van der Waals surface area (Å²) in [7, 11) is 2.15. The first-order valence-electron chi connectivity index (χ1n) is 8.21. The first-order valence-corrected chi connectivity index (χ1v) is 9.86. The number of sulfone groups is 1. The Labute approximate surface area is 172 Å². The van der Waals surface area contributed by atoms with Crippen molar-refractivity contribution in [1.29, 1.82) is 0 Å². The molecule has 1 aliphatic heterocycles. The van der Waals surface area contributed by atoms with Gasteiger partial charge in [-0.05, 0) is 31.5 Å². The van der Waals surface area contributed by atoms with Crippen LogP contribution in [-0.4, -0.2) is 64.0 Å². The third kappa shape index (κ3) is 4.99. The van der Waals surface area contributed by atoms with Crippen LogP contribution < -0.4 is 10.2 Å². The first kappa shape index (κ1) is 22.9. The smallest absolute Gasteiger partial charge is 0.193 e. The molecule has 0 amide bonds. The van der Waals surface area contributed by atoms with E-state index in [0.717, 1.165) is 5.56 Å². The van der Waals surface area contributed by atoms with E-state index in [9.17, 15) is 12.8 Å². The van der Waals surface area contributed by atoms with Crippen LogP contribution in [0.3, 0.4) is 0 Å². The average molecular weight is 498 g/mol. The fourth-order valence-corrected chi connectivity index (χ4v) is 4.23. The lowest BCUT2D eigenvalue weighted by atomic mass is 10.2. The van der Waals surface area contributed by atoms with Gasteiger partial charge >= 0.3 is 0 Å². The van der Waals surface area contributed by atoms with E-state index in [1.807, 2.05) is 11.0 Å². The molecule has 0 aliphatic carbocycles. The van der Waals surface area contributed by atoms with Crippen molar-refractivity contribution in [2.45, 2.75) is 25.1 Å². The molecular weight excluding hydrogens is 470 g/mol. The lowest BCUT2D eigenvalue weighted by Gasteiger charge is -2.39. The second kappa shape index (κ2) is 8.73. The molecule has 9 heteroatoms. The van der Waals surface area contributed by atoms with Crippen molar-refractivity contribution in [3.63, 3.8) is 0 Å². The molecule has 26 heavy (non-hydrogen) atoms. The Bertz CT molecular complexity index is 766. The highest BCUT2D eigenvalue weighted by molar-refractivity contribution is 14.0. The van der Waals surface area contributed by atoms with Gasteiger partial charge in [-0.25, -0.2) is 12.8 Å². The van der Waals surface area contributed by atoms with Gasteiger partial charge in [0.2, 0.25) is 0 Å². The van der Waals surface area contributed by atoms with Gasteiger partial charge < -0.3 is 15.1 Å². The van der Waals surface area contributed by atoms with Gasteiger partial charge in [0.25, 0.3) is 0 Å². The number of aliphatic imine (C=N–C) groups is 1. The molecule has 0 atom stereocenters. The van der Waals surface area contributed by atoms with Crippen LogP contribution in [0.1, 0.15) is 19.4 Å². The summed E-state index contributed by atoms with van der Waals surface area (Å²) in [5.74, 6) is 0.455. The van der Waals surface area contributed by atoms with Gasteiger partial charge in [-0.2, -0.15) is 0 Å². The zero-order valence-electron chi connectivity index (χ0n) is 15.9. The Kier molecular flexibility index (Phi) is 7.70. The highest BCUT2D eigenvalue weighted by atomic mass is 127. The van der Waals surface area contributed by atoms with Crippen LogP contribution >= 0.6 is 24.0 Å². The van der Waals surface area contributed by atoms with Crippen molar-refractivity contribution in [3.8, 4) is 0 Å². The maximum atomic E-state index is 14.1. The third-order valence-corrected chi connectivity index (χ3v) is 7.03. The van der Waals surface area contributed by atoms with Crippen LogP contribution in [0.2, 0.25) is 0 Å². The summed E-state index contributed by atoms with van der Waals surface area (Å²) < 4.78 is 37.5.